The zero-order valence-corrected chi connectivity index (χ0v) is 44.4. The molecule has 21 heteroatoms. The third-order valence-corrected chi connectivity index (χ3v) is 15.6. The number of aliphatic hydroxyl groups is 2. The fraction of sp³-hybridized carbons (Fsp3) is 0.464. The van der Waals surface area contributed by atoms with Crippen molar-refractivity contribution in [1.29, 1.82) is 0 Å². The highest BCUT2D eigenvalue weighted by Crippen LogP contribution is 2.55. The molecule has 1 amide bonds. The molecule has 1 saturated carbocycles. The fourth-order valence-corrected chi connectivity index (χ4v) is 10.9. The fourth-order valence-electron chi connectivity index (χ4n) is 10.9. The van der Waals surface area contributed by atoms with Crippen LogP contribution < -0.4 is 20.5 Å². The Morgan fingerprint density at radius 2 is 1.64 bits per heavy atom. The van der Waals surface area contributed by atoms with E-state index in [1.807, 2.05) is 0 Å². The summed E-state index contributed by atoms with van der Waals surface area (Å²) in [5.74, 6) is -11.6. The van der Waals surface area contributed by atoms with Crippen LogP contribution in [0.3, 0.4) is 0 Å². The van der Waals surface area contributed by atoms with Crippen molar-refractivity contribution in [2.45, 2.75) is 124 Å². The van der Waals surface area contributed by atoms with Gasteiger partial charge in [0.05, 0.1) is 76.9 Å². The van der Waals surface area contributed by atoms with Crippen LogP contribution in [0, 0.1) is 43.3 Å². The van der Waals surface area contributed by atoms with Crippen LogP contribution in [-0.4, -0.2) is 121 Å². The number of anilines is 2. The zero-order chi connectivity index (χ0) is 56.3. The van der Waals surface area contributed by atoms with Crippen LogP contribution in [0.25, 0.3) is 16.3 Å². The Morgan fingerprint density at radius 1 is 0.935 bits per heavy atom. The van der Waals surface area contributed by atoms with E-state index >= 15 is 4.39 Å². The normalized spacial score (nSPS) is 28.8. The second-order valence-corrected chi connectivity index (χ2v) is 20.9. The molecule has 1 saturated heterocycles. The largest absolute Gasteiger partial charge is 0.507 e. The number of rotatable bonds is 8. The Kier molecular flexibility index (Phi) is 15.6. The quantitative estimate of drug-likeness (QED) is 0.0307. The Morgan fingerprint density at radius 3 is 2.29 bits per heavy atom. The number of nitrogens with one attached hydrogen (secondary N) is 1. The molecule has 0 radical (unpaired) electrons. The maximum Gasteiger partial charge on any atom is 0.341 e. The number of allylic oxidation sites excluding steroid dienone is 2. The number of carbonyl (C=O) groups is 4. The molecule has 5 aliphatic rings. The predicted octanol–water partition coefficient (Wildman–Crippen LogP) is 7.02. The lowest BCUT2D eigenvalue weighted by molar-refractivity contribution is -0.160. The molecule has 9 rings (SSSR count). The monoisotopic (exact) mass is 1070 g/mol. The van der Waals surface area contributed by atoms with Gasteiger partial charge in [-0.05, 0) is 62.8 Å². The lowest BCUT2D eigenvalue weighted by Gasteiger charge is -2.38. The summed E-state index contributed by atoms with van der Waals surface area (Å²) in [7, 11) is 1.40. The minimum absolute atomic E-state index is 0.0111. The number of Topliss-reactive ketones (excluding diaryl/α,β-unsaturated/α-hetero) is 1. The van der Waals surface area contributed by atoms with Crippen molar-refractivity contribution in [3.8, 4) is 23.0 Å². The van der Waals surface area contributed by atoms with Gasteiger partial charge in [-0.2, -0.15) is 0 Å². The van der Waals surface area contributed by atoms with Gasteiger partial charge in [-0.1, -0.05) is 51.1 Å². The van der Waals surface area contributed by atoms with Gasteiger partial charge in [0.1, 0.15) is 35.0 Å². The van der Waals surface area contributed by atoms with Gasteiger partial charge in [-0.25, -0.2) is 9.18 Å². The Balaban J connectivity index is 1.19. The topological polar surface area (TPSA) is 285 Å². The average Bonchev–Trinajstić information content (AvgIpc) is 4.19. The van der Waals surface area contributed by atoms with Crippen molar-refractivity contribution in [2.24, 2.45) is 28.8 Å². The number of aromatic hydroxyl groups is 3. The summed E-state index contributed by atoms with van der Waals surface area (Å²) < 4.78 is 40.9. The molecule has 7 N–H and O–H groups in total. The third kappa shape index (κ3) is 10.2. The van der Waals surface area contributed by atoms with Gasteiger partial charge in [0.15, 0.2) is 11.6 Å². The maximum atomic E-state index is 16.1. The van der Waals surface area contributed by atoms with Crippen molar-refractivity contribution in [1.82, 2.24) is 4.40 Å². The van der Waals surface area contributed by atoms with Crippen molar-refractivity contribution in [2.75, 3.05) is 30.4 Å². The number of benzene rings is 2. The number of hydrogen-bond acceptors (Lipinski definition) is 17. The Labute approximate surface area is 442 Å². The lowest BCUT2D eigenvalue weighted by Crippen LogP contribution is -2.46. The van der Waals surface area contributed by atoms with Gasteiger partial charge in [-0.3, -0.25) is 23.6 Å². The number of aromatic carboxylic acids is 1. The average molecular weight is 1070 g/mol. The van der Waals surface area contributed by atoms with Crippen molar-refractivity contribution < 1.29 is 78.0 Å². The highest BCUT2D eigenvalue weighted by Gasteiger charge is 2.50. The van der Waals surface area contributed by atoms with Crippen molar-refractivity contribution in [3.63, 3.8) is 0 Å². The predicted molar refractivity (Wildman–Crippen MR) is 280 cm³/mol. The standard InChI is InChI=1S/C56H65FN4O16/c1-24-12-11-13-25(2)53(69)59-42-36(21-58-77-33-16-18-60(22-33)44-27(4)43-34(32-14-15-32)20-35(55(71)72)54(70)61(43)23-37(44)57)48(66)39-40(49(42)67)47(65)30(7)51-41(39)52(68)56(9,76-51)74-19-17-38(73-10)26(3)50(75-31(8)62)29(6)46(64)28(5)45(24)63/h11-13,17,19-21,23-24,26,28-29,32-33,38,45-46,50,63-67H,14-16,18,22H2,1-10H3,(H,59,69)(H,71,72)/b12-11+,19-17+,25-13-,58-21+/t24-,26+,28+,29+,33-,38-,45-,46+,50+,56-/m0/s1. The molecule has 2 aromatic heterocycles. The van der Waals surface area contributed by atoms with E-state index in [0.29, 0.717) is 23.1 Å². The molecule has 4 aliphatic heterocycles. The van der Waals surface area contributed by atoms with E-state index in [-0.39, 0.29) is 58.1 Å². The first-order chi connectivity index (χ1) is 36.3. The number of pyridine rings is 2. The zero-order valence-electron chi connectivity index (χ0n) is 44.4. The molecule has 2 fully saturated rings. The molecule has 412 valence electrons. The van der Waals surface area contributed by atoms with Crippen LogP contribution in [0.1, 0.15) is 117 Å². The van der Waals surface area contributed by atoms with Gasteiger partial charge in [-0.15, -0.1) is 0 Å². The van der Waals surface area contributed by atoms with E-state index in [4.69, 9.17) is 23.8 Å². The van der Waals surface area contributed by atoms with Crippen LogP contribution in [0.15, 0.2) is 58.4 Å². The molecule has 10 atom stereocenters. The van der Waals surface area contributed by atoms with E-state index in [9.17, 15) is 54.6 Å². The van der Waals surface area contributed by atoms with E-state index in [1.165, 1.54) is 59.1 Å². The summed E-state index contributed by atoms with van der Waals surface area (Å²) in [5.41, 5.74) is -0.677. The number of carbonyl (C=O) groups excluding carboxylic acids is 3. The van der Waals surface area contributed by atoms with Gasteiger partial charge >= 0.3 is 17.7 Å². The number of halogens is 1. The summed E-state index contributed by atoms with van der Waals surface area (Å²) in [6.45, 7) is 14.2. The smallest absolute Gasteiger partial charge is 0.341 e. The molecule has 2 aromatic carbocycles. The number of carboxylic acids is 1. The van der Waals surface area contributed by atoms with Gasteiger partial charge in [0.25, 0.3) is 17.2 Å². The number of ketones is 1. The number of fused-ring (bicyclic) bond motifs is 15. The molecule has 0 unspecified atom stereocenters. The SMILES string of the molecule is CO[C@H]1/C=C/O[C@@]2(C)Oc3c(C)c(O)c4c(O)c(c(/C=N/O[C@H]5CCN(c6c(F)cn7c(=O)c(C(=O)O)cc(C8CC8)c7c6C)C5)c(O)c4c3C2=O)NC(=O)/C(C)=C\C=C\[C@H](C)[C@H](O)[C@@H](C)[C@@H](O)[C@@H](C)[C@H](OC(C)=O)[C@@H]1C. The molecule has 4 aromatic rings. The molecule has 6 heterocycles. The number of phenolic OH excluding ortho intramolecular Hbond substituents is 3. The number of phenols is 3. The minimum Gasteiger partial charge on any atom is -0.507 e. The number of methoxy groups -OCH3 is 1. The Hall–Kier alpha value is -7.49. The van der Waals surface area contributed by atoms with Crippen LogP contribution in [0.2, 0.25) is 0 Å². The highest BCUT2D eigenvalue weighted by atomic mass is 19.1. The molecule has 1 aliphatic carbocycles. The summed E-state index contributed by atoms with van der Waals surface area (Å²) in [6.07, 6.45) is 6.23. The van der Waals surface area contributed by atoms with Crippen molar-refractivity contribution >= 4 is 57.5 Å². The number of aliphatic hydroxyl groups excluding tert-OH is 2. The maximum absolute atomic E-state index is 16.1. The van der Waals surface area contributed by atoms with Crippen molar-refractivity contribution in [3.05, 3.63) is 98.0 Å². The second kappa shape index (κ2) is 21.5. The molecular formula is C56H65FN4O16. The number of aromatic nitrogens is 1. The van der Waals surface area contributed by atoms with Gasteiger partial charge < -0.3 is 64.6 Å². The van der Waals surface area contributed by atoms with E-state index in [2.05, 4.69) is 10.5 Å². The number of nitrogens with zero attached hydrogens (tertiary/aromatic N) is 3. The first-order valence-corrected chi connectivity index (χ1v) is 25.5. The second-order valence-electron chi connectivity index (χ2n) is 20.9. The molecule has 5 bridgehead atoms. The summed E-state index contributed by atoms with van der Waals surface area (Å²) >= 11 is 0. The number of esters is 1. The molecule has 0 spiro atoms. The lowest BCUT2D eigenvalue weighted by atomic mass is 9.78. The summed E-state index contributed by atoms with van der Waals surface area (Å²) in [4.78, 5) is 74.0. The number of hydrogen-bond donors (Lipinski definition) is 7. The summed E-state index contributed by atoms with van der Waals surface area (Å²) in [5, 5.41) is 75.0. The van der Waals surface area contributed by atoms with E-state index in [0.717, 1.165) is 35.9 Å². The first-order valence-electron chi connectivity index (χ1n) is 25.5. The highest BCUT2D eigenvalue weighted by molar-refractivity contribution is 6.24. The first kappa shape index (κ1) is 55.7. The number of ether oxygens (including phenoxy) is 4. The number of oxime groups is 1. The number of aryl methyl sites for hydroxylation is 1. The number of amides is 1. The molecule has 77 heavy (non-hydrogen) atoms. The third-order valence-electron chi connectivity index (χ3n) is 15.6. The van der Waals surface area contributed by atoms with Crippen LogP contribution in [0.5, 0.6) is 23.0 Å². The van der Waals surface area contributed by atoms with Crippen LogP contribution in [0.4, 0.5) is 15.8 Å². The summed E-state index contributed by atoms with van der Waals surface area (Å²) in [6, 6.07) is 1.38. The molecule has 20 nitrogen and oxygen atoms in total. The van der Waals surface area contributed by atoms with Crippen LogP contribution in [-0.2, 0) is 28.6 Å². The molecular weight excluding hydrogens is 1000 g/mol. The van der Waals surface area contributed by atoms with E-state index < -0.39 is 129 Å². The van der Waals surface area contributed by atoms with Gasteiger partial charge in [0, 0.05) is 74.1 Å². The van der Waals surface area contributed by atoms with E-state index in [1.54, 1.807) is 45.6 Å². The van der Waals surface area contributed by atoms with Crippen LogP contribution >= 0.6 is 0 Å². The Bertz CT molecular complexity index is 3270. The minimum atomic E-state index is -2.16. The van der Waals surface area contributed by atoms with Gasteiger partial charge in [0.2, 0.25) is 0 Å². The number of carboxylic acid groups (broad SMARTS) is 1.